The van der Waals surface area contributed by atoms with Gasteiger partial charge in [-0.05, 0) is 49.1 Å². The van der Waals surface area contributed by atoms with Gasteiger partial charge in [0.1, 0.15) is 12.5 Å². The highest BCUT2D eigenvalue weighted by Crippen LogP contribution is 2.36. The Hall–Kier alpha value is -1.92. The molecule has 0 radical (unpaired) electrons. The molecule has 5 nitrogen and oxygen atoms in total. The lowest BCUT2D eigenvalue weighted by Crippen LogP contribution is -2.20. The molecule has 2 aliphatic rings. The summed E-state index contributed by atoms with van der Waals surface area (Å²) in [6, 6.07) is 10.6. The minimum atomic E-state index is -0.859. The Labute approximate surface area is 206 Å². The molecular formula is C27H37BrN2O3. The third-order valence-electron chi connectivity index (χ3n) is 6.48. The number of carbonyl (C=O) groups is 1. The SMILES string of the molecule is CCCCCCCCCCN[C@H]1CCc2cccc(Br)c21.O=C(O)[C@H]1COc2ncccc21. The average molecular weight is 518 g/mol. The summed E-state index contributed by atoms with van der Waals surface area (Å²) in [7, 11) is 0. The molecule has 0 saturated heterocycles. The van der Waals surface area contributed by atoms with Gasteiger partial charge in [-0.15, -0.1) is 0 Å². The predicted molar refractivity (Wildman–Crippen MR) is 136 cm³/mol. The quantitative estimate of drug-likeness (QED) is 0.321. The van der Waals surface area contributed by atoms with E-state index in [9.17, 15) is 4.79 Å². The van der Waals surface area contributed by atoms with Crippen molar-refractivity contribution in [3.8, 4) is 5.88 Å². The lowest BCUT2D eigenvalue weighted by Gasteiger charge is -2.15. The number of aliphatic carboxylic acids is 1. The van der Waals surface area contributed by atoms with Crippen LogP contribution in [0, 0.1) is 0 Å². The molecule has 4 rings (SSSR count). The number of fused-ring (bicyclic) bond motifs is 2. The van der Waals surface area contributed by atoms with E-state index in [4.69, 9.17) is 9.84 Å². The maximum absolute atomic E-state index is 10.7. The number of carboxylic acid groups (broad SMARTS) is 1. The Morgan fingerprint density at radius 2 is 1.88 bits per heavy atom. The molecule has 0 unspecified atom stereocenters. The molecule has 0 fully saturated rings. The lowest BCUT2D eigenvalue weighted by molar-refractivity contribution is -0.138. The fourth-order valence-corrected chi connectivity index (χ4v) is 5.30. The minimum absolute atomic E-state index is 0.196. The summed E-state index contributed by atoms with van der Waals surface area (Å²) < 4.78 is 6.36. The Morgan fingerprint density at radius 1 is 1.12 bits per heavy atom. The number of aryl methyl sites for hydroxylation is 1. The molecule has 2 heterocycles. The summed E-state index contributed by atoms with van der Waals surface area (Å²) in [6.45, 7) is 3.65. The van der Waals surface area contributed by atoms with Gasteiger partial charge in [0.2, 0.25) is 5.88 Å². The van der Waals surface area contributed by atoms with Crippen LogP contribution < -0.4 is 10.1 Å². The van der Waals surface area contributed by atoms with Gasteiger partial charge in [-0.25, -0.2) is 4.98 Å². The van der Waals surface area contributed by atoms with Crippen molar-refractivity contribution in [2.24, 2.45) is 0 Å². The second-order valence-electron chi connectivity index (χ2n) is 8.93. The van der Waals surface area contributed by atoms with E-state index in [0.29, 0.717) is 17.5 Å². The van der Waals surface area contributed by atoms with Crippen molar-refractivity contribution >= 4 is 21.9 Å². The van der Waals surface area contributed by atoms with Crippen LogP contribution in [0.25, 0.3) is 0 Å². The first kappa shape index (κ1) is 25.7. The number of ether oxygens (including phenoxy) is 1. The van der Waals surface area contributed by atoms with E-state index < -0.39 is 11.9 Å². The normalized spacial score (nSPS) is 18.1. The van der Waals surface area contributed by atoms with E-state index in [1.807, 2.05) is 0 Å². The molecule has 180 valence electrons. The maximum Gasteiger partial charge on any atom is 0.314 e. The number of pyridine rings is 1. The fraction of sp³-hybridized carbons (Fsp3) is 0.556. The van der Waals surface area contributed by atoms with Gasteiger partial charge in [-0.3, -0.25) is 4.79 Å². The topological polar surface area (TPSA) is 71.5 Å². The number of unbranched alkanes of at least 4 members (excludes halogenated alkanes) is 7. The zero-order valence-electron chi connectivity index (χ0n) is 19.7. The van der Waals surface area contributed by atoms with Gasteiger partial charge in [0.25, 0.3) is 0 Å². The molecule has 1 aromatic heterocycles. The van der Waals surface area contributed by atoms with Crippen LogP contribution in [0.4, 0.5) is 0 Å². The standard InChI is InChI=1S/C19H30BrN.C8H7NO3/c1-2-3-4-5-6-7-8-9-15-21-18-14-13-16-11-10-12-17(20)19(16)18;10-8(11)6-4-12-7-5(6)2-1-3-9-7/h10-12,18,21H,2-9,13-15H2,1H3;1-3,6H,4H2,(H,10,11)/t18-;6-/m00/s1. The van der Waals surface area contributed by atoms with Crippen LogP contribution >= 0.6 is 15.9 Å². The van der Waals surface area contributed by atoms with Crippen molar-refractivity contribution in [2.45, 2.75) is 83.1 Å². The number of carboxylic acids is 1. The van der Waals surface area contributed by atoms with Gasteiger partial charge < -0.3 is 15.2 Å². The van der Waals surface area contributed by atoms with Crippen molar-refractivity contribution in [1.29, 1.82) is 0 Å². The monoisotopic (exact) mass is 516 g/mol. The summed E-state index contributed by atoms with van der Waals surface area (Å²) in [5.41, 5.74) is 3.71. The molecule has 0 bridgehead atoms. The Kier molecular flexibility index (Phi) is 10.7. The highest BCUT2D eigenvalue weighted by molar-refractivity contribution is 9.10. The summed E-state index contributed by atoms with van der Waals surface area (Å²) in [5.74, 6) is -0.958. The second kappa shape index (κ2) is 13.7. The van der Waals surface area contributed by atoms with Crippen LogP contribution in [0.5, 0.6) is 5.88 Å². The molecule has 0 saturated carbocycles. The van der Waals surface area contributed by atoms with E-state index in [2.05, 4.69) is 51.4 Å². The molecule has 2 N–H and O–H groups in total. The van der Waals surface area contributed by atoms with Crippen LogP contribution in [-0.2, 0) is 11.2 Å². The number of nitrogens with one attached hydrogen (secondary N) is 1. The molecule has 2 atom stereocenters. The average Bonchev–Trinajstić information content (AvgIpc) is 3.44. The number of benzene rings is 1. The number of nitrogens with zero attached hydrogens (tertiary/aromatic N) is 1. The van der Waals surface area contributed by atoms with Crippen LogP contribution in [0.2, 0.25) is 0 Å². The third kappa shape index (κ3) is 7.54. The number of halogens is 1. The molecule has 1 aromatic carbocycles. The zero-order chi connectivity index (χ0) is 23.5. The van der Waals surface area contributed by atoms with Crippen LogP contribution in [0.3, 0.4) is 0 Å². The van der Waals surface area contributed by atoms with Crippen molar-refractivity contribution in [3.05, 3.63) is 57.7 Å². The lowest BCUT2D eigenvalue weighted by atomic mass is 10.0. The molecule has 2 aromatic rings. The first-order chi connectivity index (χ1) is 16.1. The van der Waals surface area contributed by atoms with Crippen LogP contribution in [-0.4, -0.2) is 29.2 Å². The van der Waals surface area contributed by atoms with Crippen LogP contribution in [0.1, 0.15) is 93.4 Å². The molecule has 0 amide bonds. The van der Waals surface area contributed by atoms with Crippen molar-refractivity contribution in [3.63, 3.8) is 0 Å². The van der Waals surface area contributed by atoms with E-state index >= 15 is 0 Å². The van der Waals surface area contributed by atoms with E-state index in [1.165, 1.54) is 86.4 Å². The van der Waals surface area contributed by atoms with Gasteiger partial charge in [0, 0.05) is 22.3 Å². The van der Waals surface area contributed by atoms with Gasteiger partial charge in [-0.2, -0.15) is 0 Å². The van der Waals surface area contributed by atoms with Gasteiger partial charge in [0.05, 0.1) is 0 Å². The first-order valence-electron chi connectivity index (χ1n) is 12.4. The molecule has 1 aliphatic carbocycles. The first-order valence-corrected chi connectivity index (χ1v) is 13.2. The molecule has 33 heavy (non-hydrogen) atoms. The minimum Gasteiger partial charge on any atom is -0.481 e. The molecule has 1 aliphatic heterocycles. The Bertz CT molecular complexity index is 889. The number of hydrogen-bond acceptors (Lipinski definition) is 4. The Morgan fingerprint density at radius 3 is 2.64 bits per heavy atom. The molecule has 6 heteroatoms. The van der Waals surface area contributed by atoms with Gasteiger partial charge in [0.15, 0.2) is 0 Å². The highest BCUT2D eigenvalue weighted by Gasteiger charge is 2.30. The fourth-order valence-electron chi connectivity index (χ4n) is 4.62. The number of hydrogen-bond donors (Lipinski definition) is 2. The summed E-state index contributed by atoms with van der Waals surface area (Å²) in [5, 5.41) is 12.5. The second-order valence-corrected chi connectivity index (χ2v) is 9.79. The van der Waals surface area contributed by atoms with E-state index in [0.717, 1.165) is 0 Å². The number of aromatic nitrogens is 1. The third-order valence-corrected chi connectivity index (χ3v) is 7.17. The van der Waals surface area contributed by atoms with Gasteiger partial charge >= 0.3 is 5.97 Å². The zero-order valence-corrected chi connectivity index (χ0v) is 21.3. The van der Waals surface area contributed by atoms with Crippen LogP contribution in [0.15, 0.2) is 41.0 Å². The molecular weight excluding hydrogens is 480 g/mol. The summed E-state index contributed by atoms with van der Waals surface area (Å²) >= 11 is 3.71. The van der Waals surface area contributed by atoms with E-state index in [-0.39, 0.29) is 6.61 Å². The van der Waals surface area contributed by atoms with Gasteiger partial charge in [-0.1, -0.05) is 86.0 Å². The van der Waals surface area contributed by atoms with Crippen molar-refractivity contribution < 1.29 is 14.6 Å². The Balaban J connectivity index is 0.000000215. The van der Waals surface area contributed by atoms with E-state index in [1.54, 1.807) is 18.3 Å². The summed E-state index contributed by atoms with van der Waals surface area (Å²) in [4.78, 5) is 14.6. The highest BCUT2D eigenvalue weighted by atomic mass is 79.9. The molecule has 0 spiro atoms. The number of rotatable bonds is 11. The van der Waals surface area contributed by atoms with Crippen molar-refractivity contribution in [1.82, 2.24) is 10.3 Å². The smallest absolute Gasteiger partial charge is 0.314 e. The maximum atomic E-state index is 10.7. The van der Waals surface area contributed by atoms with Crippen molar-refractivity contribution in [2.75, 3.05) is 13.2 Å². The summed E-state index contributed by atoms with van der Waals surface area (Å²) in [6.07, 6.45) is 15.3. The largest absolute Gasteiger partial charge is 0.481 e. The predicted octanol–water partition coefficient (Wildman–Crippen LogP) is 6.81.